The van der Waals surface area contributed by atoms with Crippen molar-refractivity contribution in [1.82, 2.24) is 0 Å². The number of hydrogen-bond donors (Lipinski definition) is 1. The number of rotatable bonds is 6. The van der Waals surface area contributed by atoms with E-state index >= 15 is 0 Å². The van der Waals surface area contributed by atoms with Crippen LogP contribution in [0.2, 0.25) is 0 Å². The van der Waals surface area contributed by atoms with E-state index in [1.807, 2.05) is 44.2 Å². The first-order valence-electron chi connectivity index (χ1n) is 7.85. The molecule has 2 aromatic carbocycles. The van der Waals surface area contributed by atoms with Crippen LogP contribution in [0, 0.1) is 0 Å². The molecular formula is C19H21NO5. The second-order valence-electron chi connectivity index (χ2n) is 5.65. The SMILES string of the molecule is COc1ccc(O)c(C(=O)OCC(=O)N(c2ccccc2)C(C)C)c1. The second kappa shape index (κ2) is 8.19. The molecule has 0 aliphatic rings. The summed E-state index contributed by atoms with van der Waals surface area (Å²) in [5, 5.41) is 9.79. The van der Waals surface area contributed by atoms with Gasteiger partial charge in [-0.2, -0.15) is 0 Å². The molecule has 6 nitrogen and oxygen atoms in total. The largest absolute Gasteiger partial charge is 0.507 e. The van der Waals surface area contributed by atoms with Crippen molar-refractivity contribution in [3.63, 3.8) is 0 Å². The molecule has 0 aliphatic heterocycles. The quantitative estimate of drug-likeness (QED) is 0.816. The van der Waals surface area contributed by atoms with Crippen LogP contribution in [0.5, 0.6) is 11.5 Å². The van der Waals surface area contributed by atoms with Crippen LogP contribution in [0.3, 0.4) is 0 Å². The van der Waals surface area contributed by atoms with Gasteiger partial charge in [0.25, 0.3) is 5.91 Å². The number of nitrogens with zero attached hydrogens (tertiary/aromatic N) is 1. The summed E-state index contributed by atoms with van der Waals surface area (Å²) in [5.41, 5.74) is 0.672. The van der Waals surface area contributed by atoms with Crippen molar-refractivity contribution in [2.24, 2.45) is 0 Å². The molecule has 0 fully saturated rings. The Morgan fingerprint density at radius 3 is 2.40 bits per heavy atom. The first kappa shape index (κ1) is 18.3. The molecule has 1 amide bonds. The lowest BCUT2D eigenvalue weighted by atomic mass is 10.2. The third kappa shape index (κ3) is 4.50. The summed E-state index contributed by atoms with van der Waals surface area (Å²) in [6.07, 6.45) is 0. The Bertz CT molecular complexity index is 743. The van der Waals surface area contributed by atoms with Crippen molar-refractivity contribution in [2.45, 2.75) is 19.9 Å². The van der Waals surface area contributed by atoms with E-state index in [4.69, 9.17) is 9.47 Å². The topological polar surface area (TPSA) is 76.1 Å². The summed E-state index contributed by atoms with van der Waals surface area (Å²) in [4.78, 5) is 26.2. The van der Waals surface area contributed by atoms with Crippen molar-refractivity contribution >= 4 is 17.6 Å². The van der Waals surface area contributed by atoms with Crippen LogP contribution in [0.1, 0.15) is 24.2 Å². The van der Waals surface area contributed by atoms with Crippen molar-refractivity contribution in [2.75, 3.05) is 18.6 Å². The van der Waals surface area contributed by atoms with Crippen LogP contribution in [-0.4, -0.2) is 36.7 Å². The molecule has 0 heterocycles. The van der Waals surface area contributed by atoms with Gasteiger partial charge in [-0.05, 0) is 44.2 Å². The molecule has 0 spiro atoms. The Labute approximate surface area is 146 Å². The van der Waals surface area contributed by atoms with E-state index in [0.29, 0.717) is 5.75 Å². The van der Waals surface area contributed by atoms with Crippen molar-refractivity contribution in [1.29, 1.82) is 0 Å². The van der Waals surface area contributed by atoms with E-state index in [2.05, 4.69) is 0 Å². The molecule has 0 radical (unpaired) electrons. The number of hydrogen-bond acceptors (Lipinski definition) is 5. The number of aromatic hydroxyl groups is 1. The highest BCUT2D eigenvalue weighted by molar-refractivity contribution is 5.98. The van der Waals surface area contributed by atoms with Crippen LogP contribution in [-0.2, 0) is 9.53 Å². The number of carbonyl (C=O) groups excluding carboxylic acids is 2. The van der Waals surface area contributed by atoms with Gasteiger partial charge in [-0.25, -0.2) is 4.79 Å². The summed E-state index contributed by atoms with van der Waals surface area (Å²) in [5.74, 6) is -0.968. The van der Waals surface area contributed by atoms with Gasteiger partial charge in [0.15, 0.2) is 6.61 Å². The molecule has 0 aliphatic carbocycles. The van der Waals surface area contributed by atoms with Gasteiger partial charge >= 0.3 is 5.97 Å². The zero-order valence-electron chi connectivity index (χ0n) is 14.4. The molecule has 25 heavy (non-hydrogen) atoms. The zero-order chi connectivity index (χ0) is 18.4. The first-order chi connectivity index (χ1) is 11.9. The maximum absolute atomic E-state index is 12.5. The number of amides is 1. The normalized spacial score (nSPS) is 10.4. The number of phenols is 1. The molecule has 6 heteroatoms. The molecule has 0 atom stereocenters. The highest BCUT2D eigenvalue weighted by atomic mass is 16.5. The predicted octanol–water partition coefficient (Wildman–Crippen LogP) is 3.00. The Kier molecular flexibility index (Phi) is 6.00. The standard InChI is InChI=1S/C19H21NO5/c1-13(2)20(14-7-5-4-6-8-14)18(22)12-25-19(23)16-11-15(24-3)9-10-17(16)21/h4-11,13,21H,12H2,1-3H3. The average Bonchev–Trinajstić information content (AvgIpc) is 2.61. The van der Waals surface area contributed by atoms with E-state index in [-0.39, 0.29) is 23.3 Å². The van der Waals surface area contributed by atoms with E-state index in [1.165, 1.54) is 25.3 Å². The van der Waals surface area contributed by atoms with Gasteiger partial charge in [-0.1, -0.05) is 18.2 Å². The van der Waals surface area contributed by atoms with E-state index in [1.54, 1.807) is 4.90 Å². The smallest absolute Gasteiger partial charge is 0.342 e. The molecule has 2 rings (SSSR count). The molecular weight excluding hydrogens is 322 g/mol. The lowest BCUT2D eigenvalue weighted by Gasteiger charge is -2.26. The number of carbonyl (C=O) groups is 2. The molecule has 0 saturated heterocycles. The number of esters is 1. The van der Waals surface area contributed by atoms with Gasteiger partial charge in [0.2, 0.25) is 0 Å². The number of methoxy groups -OCH3 is 1. The van der Waals surface area contributed by atoms with Gasteiger partial charge in [-0.15, -0.1) is 0 Å². The molecule has 2 aromatic rings. The lowest BCUT2D eigenvalue weighted by Crippen LogP contribution is -2.39. The van der Waals surface area contributed by atoms with E-state index < -0.39 is 12.6 Å². The minimum atomic E-state index is -0.790. The molecule has 1 N–H and O–H groups in total. The van der Waals surface area contributed by atoms with Crippen LogP contribution in [0.15, 0.2) is 48.5 Å². The summed E-state index contributed by atoms with van der Waals surface area (Å²) in [6, 6.07) is 13.3. The fourth-order valence-corrected chi connectivity index (χ4v) is 2.40. The molecule has 132 valence electrons. The highest BCUT2D eigenvalue weighted by Crippen LogP contribution is 2.24. The Morgan fingerprint density at radius 2 is 1.80 bits per heavy atom. The van der Waals surface area contributed by atoms with Crippen molar-refractivity contribution in [3.05, 3.63) is 54.1 Å². The number of phenolic OH excluding ortho intramolecular Hbond substituents is 1. The van der Waals surface area contributed by atoms with Crippen molar-refractivity contribution in [3.8, 4) is 11.5 Å². The highest BCUT2D eigenvalue weighted by Gasteiger charge is 2.22. The van der Waals surface area contributed by atoms with Crippen LogP contribution in [0.25, 0.3) is 0 Å². The van der Waals surface area contributed by atoms with Crippen LogP contribution >= 0.6 is 0 Å². The summed E-state index contributed by atoms with van der Waals surface area (Å²) in [6.45, 7) is 3.32. The van der Waals surface area contributed by atoms with Gasteiger partial charge in [-0.3, -0.25) is 4.79 Å². The zero-order valence-corrected chi connectivity index (χ0v) is 14.4. The fourth-order valence-electron chi connectivity index (χ4n) is 2.40. The average molecular weight is 343 g/mol. The van der Waals surface area contributed by atoms with Gasteiger partial charge in [0, 0.05) is 11.7 Å². The first-order valence-corrected chi connectivity index (χ1v) is 7.85. The number of anilines is 1. The molecule has 0 bridgehead atoms. The number of benzene rings is 2. The Morgan fingerprint density at radius 1 is 1.12 bits per heavy atom. The van der Waals surface area contributed by atoms with Crippen LogP contribution in [0.4, 0.5) is 5.69 Å². The monoisotopic (exact) mass is 343 g/mol. The third-order valence-corrected chi connectivity index (χ3v) is 3.57. The number of ether oxygens (including phenoxy) is 2. The number of para-hydroxylation sites is 1. The van der Waals surface area contributed by atoms with Crippen molar-refractivity contribution < 1.29 is 24.2 Å². The maximum atomic E-state index is 12.5. The van der Waals surface area contributed by atoms with E-state index in [9.17, 15) is 14.7 Å². The predicted molar refractivity (Wildman–Crippen MR) is 94.0 cm³/mol. The minimum absolute atomic E-state index is 0.0528. The second-order valence-corrected chi connectivity index (χ2v) is 5.65. The van der Waals surface area contributed by atoms with Gasteiger partial charge in [0.05, 0.1) is 7.11 Å². The third-order valence-electron chi connectivity index (χ3n) is 3.57. The summed E-state index contributed by atoms with van der Waals surface area (Å²) >= 11 is 0. The summed E-state index contributed by atoms with van der Waals surface area (Å²) in [7, 11) is 1.45. The molecule has 0 aromatic heterocycles. The van der Waals surface area contributed by atoms with E-state index in [0.717, 1.165) is 5.69 Å². The molecule has 0 saturated carbocycles. The van der Waals surface area contributed by atoms with Gasteiger partial charge in [0.1, 0.15) is 17.1 Å². The minimum Gasteiger partial charge on any atom is -0.507 e. The summed E-state index contributed by atoms with van der Waals surface area (Å²) < 4.78 is 10.1. The van der Waals surface area contributed by atoms with Crippen LogP contribution < -0.4 is 9.64 Å². The molecule has 0 unspecified atom stereocenters. The Balaban J connectivity index is 2.09. The maximum Gasteiger partial charge on any atom is 0.342 e. The lowest BCUT2D eigenvalue weighted by molar-refractivity contribution is -0.122. The van der Waals surface area contributed by atoms with Gasteiger partial charge < -0.3 is 19.5 Å². The Hall–Kier alpha value is -3.02. The fraction of sp³-hybridized carbons (Fsp3) is 0.263.